The average molecular weight is 626 g/mol. The molecule has 0 spiro atoms. The molecule has 6 rings (SSSR count). The lowest BCUT2D eigenvalue weighted by atomic mass is 9.79. The zero-order valence-corrected chi connectivity index (χ0v) is 26.5. The molecule has 1 aromatic heterocycles. The van der Waals surface area contributed by atoms with Crippen LogP contribution in [0.15, 0.2) is 47.4 Å². The zero-order valence-electron chi connectivity index (χ0n) is 24.2. The van der Waals surface area contributed by atoms with Crippen molar-refractivity contribution < 1.29 is 8.42 Å². The van der Waals surface area contributed by atoms with Crippen LogP contribution in [0.1, 0.15) is 92.3 Å². The lowest BCUT2D eigenvalue weighted by Gasteiger charge is -2.45. The summed E-state index contributed by atoms with van der Waals surface area (Å²) in [7, 11) is -3.78. The number of fused-ring (bicyclic) bond motifs is 1. The Bertz CT molecular complexity index is 1590. The van der Waals surface area contributed by atoms with E-state index in [1.807, 2.05) is 6.07 Å². The lowest BCUT2D eigenvalue weighted by molar-refractivity contribution is 0.111. The number of nitriles is 1. The molecular formula is C33H38Cl2N4O2S. The minimum atomic E-state index is -3.78. The summed E-state index contributed by atoms with van der Waals surface area (Å²) in [5.41, 5.74) is 5.44. The van der Waals surface area contributed by atoms with Crippen molar-refractivity contribution in [3.05, 3.63) is 80.6 Å². The molecule has 222 valence electrons. The molecule has 6 nitrogen and oxygen atoms in total. The number of piperidine rings is 1. The monoisotopic (exact) mass is 624 g/mol. The number of hydrogen-bond donors (Lipinski definition) is 0. The number of aromatic nitrogens is 2. The molecule has 0 N–H and O–H groups in total. The van der Waals surface area contributed by atoms with E-state index in [0.29, 0.717) is 46.0 Å². The largest absolute Gasteiger partial charge is 0.300 e. The summed E-state index contributed by atoms with van der Waals surface area (Å²) in [6, 6.07) is 14.0. The molecule has 0 atom stereocenters. The van der Waals surface area contributed by atoms with Gasteiger partial charge in [0.15, 0.2) is 9.84 Å². The molecule has 1 saturated heterocycles. The van der Waals surface area contributed by atoms with Gasteiger partial charge >= 0.3 is 0 Å². The van der Waals surface area contributed by atoms with Gasteiger partial charge in [0.2, 0.25) is 0 Å². The molecule has 1 aliphatic carbocycles. The smallest absolute Gasteiger partial charge is 0.188 e. The number of aryl methyl sites for hydroxylation is 2. The molecule has 3 aromatic rings. The van der Waals surface area contributed by atoms with Crippen molar-refractivity contribution >= 4 is 33.0 Å². The van der Waals surface area contributed by atoms with Crippen LogP contribution >= 0.6 is 23.2 Å². The van der Waals surface area contributed by atoms with Crippen LogP contribution in [0, 0.1) is 11.3 Å². The van der Waals surface area contributed by atoms with Gasteiger partial charge < -0.3 is 4.90 Å². The van der Waals surface area contributed by atoms with Crippen molar-refractivity contribution in [2.45, 2.75) is 99.3 Å². The van der Waals surface area contributed by atoms with Gasteiger partial charge in [-0.2, -0.15) is 10.4 Å². The number of sulfone groups is 1. The summed E-state index contributed by atoms with van der Waals surface area (Å²) in [6.45, 7) is 5.34. The first-order chi connectivity index (χ1) is 20.3. The first-order valence-electron chi connectivity index (χ1n) is 15.3. The molecule has 0 bridgehead atoms. The van der Waals surface area contributed by atoms with E-state index >= 15 is 0 Å². The number of benzene rings is 2. The summed E-state index contributed by atoms with van der Waals surface area (Å²) in [6.07, 6.45) is 9.49. The fraction of sp³-hybridized carbons (Fsp3) is 0.515. The van der Waals surface area contributed by atoms with Gasteiger partial charge in [-0.15, -0.1) is 0 Å². The van der Waals surface area contributed by atoms with E-state index < -0.39 is 14.6 Å². The second-order valence-corrected chi connectivity index (χ2v) is 15.2. The van der Waals surface area contributed by atoms with Gasteiger partial charge in [-0.05, 0) is 131 Å². The number of hydrogen-bond acceptors (Lipinski definition) is 5. The van der Waals surface area contributed by atoms with Crippen LogP contribution in [0.3, 0.4) is 0 Å². The fourth-order valence-corrected chi connectivity index (χ4v) is 10.2. The van der Waals surface area contributed by atoms with Crippen LogP contribution in [-0.2, 0) is 34.0 Å². The SMILES string of the molecule is CCc1nn2c(c1C1CCN(C3CCC(c4ccc(Cl)c(Cl)c4)(S(=O)(=O)c4ccc(C#N)cc4)CC3)CC1)CCCC2. The van der Waals surface area contributed by atoms with Crippen molar-refractivity contribution in [3.8, 4) is 6.07 Å². The number of likely N-dealkylation sites (tertiary alicyclic amines) is 1. The maximum Gasteiger partial charge on any atom is 0.188 e. The highest BCUT2D eigenvalue weighted by molar-refractivity contribution is 7.92. The lowest BCUT2D eigenvalue weighted by Crippen LogP contribution is -2.48. The van der Waals surface area contributed by atoms with Gasteiger partial charge in [0.25, 0.3) is 0 Å². The number of halogens is 2. The molecule has 1 saturated carbocycles. The zero-order chi connectivity index (χ0) is 29.5. The third-order valence-electron chi connectivity index (χ3n) is 10.0. The summed E-state index contributed by atoms with van der Waals surface area (Å²) in [4.78, 5) is 2.84. The summed E-state index contributed by atoms with van der Waals surface area (Å²) < 4.78 is 29.9. The van der Waals surface area contributed by atoms with E-state index in [2.05, 4.69) is 22.6 Å². The first kappa shape index (κ1) is 29.7. The Balaban J connectivity index is 1.21. The van der Waals surface area contributed by atoms with E-state index in [0.717, 1.165) is 58.2 Å². The molecule has 3 heterocycles. The van der Waals surface area contributed by atoms with Crippen LogP contribution in [0.5, 0.6) is 0 Å². The maximum atomic E-state index is 14.4. The Labute approximate surface area is 259 Å². The number of rotatable bonds is 6. The van der Waals surface area contributed by atoms with Gasteiger partial charge in [0.1, 0.15) is 4.75 Å². The van der Waals surface area contributed by atoms with Crippen molar-refractivity contribution in [1.29, 1.82) is 5.26 Å². The highest BCUT2D eigenvalue weighted by Gasteiger charge is 2.49. The molecule has 0 amide bonds. The van der Waals surface area contributed by atoms with Crippen molar-refractivity contribution in [2.75, 3.05) is 13.1 Å². The quantitative estimate of drug-likeness (QED) is 0.284. The molecule has 42 heavy (non-hydrogen) atoms. The van der Waals surface area contributed by atoms with Gasteiger partial charge in [-0.25, -0.2) is 8.42 Å². The Morgan fingerprint density at radius 1 is 0.976 bits per heavy atom. The molecule has 2 aliphatic heterocycles. The van der Waals surface area contributed by atoms with Gasteiger partial charge in [0.05, 0.1) is 32.3 Å². The van der Waals surface area contributed by atoms with Crippen LogP contribution in [0.2, 0.25) is 10.0 Å². The Kier molecular flexibility index (Phi) is 8.45. The van der Waals surface area contributed by atoms with Crippen LogP contribution < -0.4 is 0 Å². The third-order valence-corrected chi connectivity index (χ3v) is 13.3. The van der Waals surface area contributed by atoms with Gasteiger partial charge in [-0.3, -0.25) is 4.68 Å². The van der Waals surface area contributed by atoms with Crippen LogP contribution in [-0.4, -0.2) is 42.2 Å². The minimum absolute atomic E-state index is 0.239. The normalized spacial score (nSPS) is 23.8. The fourth-order valence-electron chi connectivity index (χ4n) is 7.71. The second-order valence-electron chi connectivity index (χ2n) is 12.1. The molecule has 3 aliphatic rings. The van der Waals surface area contributed by atoms with Crippen molar-refractivity contribution in [3.63, 3.8) is 0 Å². The first-order valence-corrected chi connectivity index (χ1v) is 17.5. The second kappa shape index (κ2) is 12.0. The van der Waals surface area contributed by atoms with Crippen LogP contribution in [0.25, 0.3) is 0 Å². The molecule has 2 fully saturated rings. The number of nitrogens with zero attached hydrogens (tertiary/aromatic N) is 4. The van der Waals surface area contributed by atoms with E-state index in [4.69, 9.17) is 28.3 Å². The van der Waals surface area contributed by atoms with E-state index in [-0.39, 0.29) is 4.90 Å². The Morgan fingerprint density at radius 3 is 2.33 bits per heavy atom. The van der Waals surface area contributed by atoms with E-state index in [1.165, 1.54) is 29.8 Å². The molecule has 9 heteroatoms. The molecule has 0 unspecified atom stereocenters. The standard InChI is InChI=1S/C33H38Cl2N4O2S/c1-2-30-32(31-5-3-4-18-39(31)37-30)24-14-19-38(20-15-24)26-12-16-33(17-13-26,25-8-11-28(34)29(35)21-25)42(40,41)27-9-6-23(22-36)7-10-27/h6-11,21,24,26H,2-5,12-20H2,1H3. The summed E-state index contributed by atoms with van der Waals surface area (Å²) in [5.74, 6) is 0.564. The predicted octanol–water partition coefficient (Wildman–Crippen LogP) is 7.45. The van der Waals surface area contributed by atoms with Crippen LogP contribution in [0.4, 0.5) is 0 Å². The average Bonchev–Trinajstić information content (AvgIpc) is 3.41. The Morgan fingerprint density at radius 2 is 1.69 bits per heavy atom. The third kappa shape index (κ3) is 5.19. The minimum Gasteiger partial charge on any atom is -0.300 e. The highest BCUT2D eigenvalue weighted by atomic mass is 35.5. The van der Waals surface area contributed by atoms with E-state index in [9.17, 15) is 13.7 Å². The van der Waals surface area contributed by atoms with E-state index in [1.54, 1.807) is 36.4 Å². The summed E-state index contributed by atoms with van der Waals surface area (Å²) >= 11 is 12.7. The summed E-state index contributed by atoms with van der Waals surface area (Å²) in [5, 5.41) is 15.0. The topological polar surface area (TPSA) is 79.0 Å². The maximum absolute atomic E-state index is 14.4. The van der Waals surface area contributed by atoms with Crippen molar-refractivity contribution in [1.82, 2.24) is 14.7 Å². The molecule has 0 radical (unpaired) electrons. The highest BCUT2D eigenvalue weighted by Crippen LogP contribution is 2.49. The molecular weight excluding hydrogens is 587 g/mol. The predicted molar refractivity (Wildman–Crippen MR) is 167 cm³/mol. The Hall–Kier alpha value is -2.37. The van der Waals surface area contributed by atoms with Gasteiger partial charge in [0, 0.05) is 18.3 Å². The van der Waals surface area contributed by atoms with Crippen molar-refractivity contribution in [2.24, 2.45) is 0 Å². The van der Waals surface area contributed by atoms with Gasteiger partial charge in [-0.1, -0.05) is 36.2 Å². The molecule has 2 aromatic carbocycles.